The van der Waals surface area contributed by atoms with E-state index in [2.05, 4.69) is 60.3 Å². The second-order valence-corrected chi connectivity index (χ2v) is 13.0. The highest BCUT2D eigenvalue weighted by molar-refractivity contribution is 6.05. The van der Waals surface area contributed by atoms with Gasteiger partial charge in [-0.15, -0.1) is 0 Å². The Morgan fingerprint density at radius 3 is 2.22 bits per heavy atom. The molecule has 1 saturated heterocycles. The lowest BCUT2D eigenvalue weighted by atomic mass is 9.86. The van der Waals surface area contributed by atoms with Crippen LogP contribution in [0.1, 0.15) is 54.7 Å². The van der Waals surface area contributed by atoms with Crippen molar-refractivity contribution >= 4 is 23.1 Å². The average molecular weight is 607 g/mol. The molecule has 3 aromatic carbocycles. The molecule has 0 atom stereocenters. The normalized spacial score (nSPS) is 14.4. The number of carbonyl (C=O) groups excluding carboxylic acids is 1. The topological polar surface area (TPSA) is 82.5 Å². The number of carbonyl (C=O) groups is 1. The number of rotatable bonds is 9. The number of benzene rings is 3. The monoisotopic (exact) mass is 606 g/mol. The molecule has 0 bridgehead atoms. The molecule has 4 aromatic rings. The minimum Gasteiger partial charge on any atom is -0.336 e. The van der Waals surface area contributed by atoms with Crippen molar-refractivity contribution in [3.05, 3.63) is 106 Å². The zero-order valence-corrected chi connectivity index (χ0v) is 27.5. The van der Waals surface area contributed by atoms with E-state index in [1.54, 1.807) is 17.8 Å². The fourth-order valence-corrected chi connectivity index (χ4v) is 5.69. The van der Waals surface area contributed by atoms with Gasteiger partial charge in [-0.25, -0.2) is 4.98 Å². The van der Waals surface area contributed by atoms with Crippen LogP contribution in [0.15, 0.2) is 77.7 Å². The zero-order chi connectivity index (χ0) is 32.1. The van der Waals surface area contributed by atoms with Crippen molar-refractivity contribution in [2.24, 2.45) is 7.05 Å². The third-order valence-electron chi connectivity index (χ3n) is 8.79. The van der Waals surface area contributed by atoms with Crippen molar-refractivity contribution in [1.82, 2.24) is 19.4 Å². The Balaban J connectivity index is 1.28. The molecule has 5 rings (SSSR count). The molecule has 0 unspecified atom stereocenters. The van der Waals surface area contributed by atoms with Gasteiger partial charge in [0.15, 0.2) is 5.82 Å². The molecule has 45 heavy (non-hydrogen) atoms. The first kappa shape index (κ1) is 32.1. The average Bonchev–Trinajstić information content (AvgIpc) is 3.03. The van der Waals surface area contributed by atoms with E-state index in [-0.39, 0.29) is 22.7 Å². The summed E-state index contributed by atoms with van der Waals surface area (Å²) in [6.07, 6.45) is 2.73. The highest BCUT2D eigenvalue weighted by atomic mass is 16.1. The number of aromatic nitrogens is 2. The third-order valence-corrected chi connectivity index (χ3v) is 8.79. The van der Waals surface area contributed by atoms with Crippen molar-refractivity contribution < 1.29 is 4.79 Å². The predicted molar refractivity (Wildman–Crippen MR) is 185 cm³/mol. The molecular formula is C37H46N6O2. The van der Waals surface area contributed by atoms with E-state index in [1.165, 1.54) is 11.1 Å². The van der Waals surface area contributed by atoms with Crippen molar-refractivity contribution in [2.75, 3.05) is 49.9 Å². The van der Waals surface area contributed by atoms with Gasteiger partial charge in [0.05, 0.1) is 5.69 Å². The maximum atomic E-state index is 13.1. The summed E-state index contributed by atoms with van der Waals surface area (Å²) in [4.78, 5) is 35.9. The van der Waals surface area contributed by atoms with Crippen LogP contribution < -0.4 is 16.2 Å². The number of nitrogens with one attached hydrogen (secondary N) is 2. The van der Waals surface area contributed by atoms with Gasteiger partial charge in [0.1, 0.15) is 0 Å². The lowest BCUT2D eigenvalue weighted by Gasteiger charge is -2.34. The number of piperazine rings is 1. The molecule has 1 aliphatic rings. The van der Waals surface area contributed by atoms with Crippen LogP contribution in [0.3, 0.4) is 0 Å². The van der Waals surface area contributed by atoms with Crippen LogP contribution in [-0.2, 0) is 18.9 Å². The number of aryl methyl sites for hydroxylation is 1. The van der Waals surface area contributed by atoms with E-state index in [0.29, 0.717) is 16.9 Å². The second kappa shape index (κ2) is 13.8. The maximum Gasteiger partial charge on any atom is 0.293 e. The molecule has 8 heteroatoms. The Bertz CT molecular complexity index is 1680. The number of hydrogen-bond acceptors (Lipinski definition) is 6. The van der Waals surface area contributed by atoms with Gasteiger partial charge in [-0.3, -0.25) is 9.59 Å². The standard InChI is InChI=1S/C37H46N6O2/c1-7-42-21-23-43(24-22-42)20-19-27-11-17-30(18-12-27)38-34-36(45)41(6)25-33(39-34)31-9-8-10-32(26(31)2)40-35(44)28-13-15-29(16-14-28)37(3,4)5/h8-18,25H,7,19-24H2,1-6H3,(H,38,39)(H,40,44). The number of anilines is 3. The molecule has 1 aliphatic heterocycles. The van der Waals surface area contributed by atoms with Gasteiger partial charge in [-0.05, 0) is 72.3 Å². The quantitative estimate of drug-likeness (QED) is 0.235. The Morgan fingerprint density at radius 2 is 1.58 bits per heavy atom. The smallest absolute Gasteiger partial charge is 0.293 e. The van der Waals surface area contributed by atoms with E-state index in [9.17, 15) is 9.59 Å². The molecule has 236 valence electrons. The lowest BCUT2D eigenvalue weighted by Crippen LogP contribution is -2.46. The van der Waals surface area contributed by atoms with Gasteiger partial charge in [0, 0.05) is 68.5 Å². The highest BCUT2D eigenvalue weighted by Crippen LogP contribution is 2.29. The molecule has 0 saturated carbocycles. The van der Waals surface area contributed by atoms with Gasteiger partial charge in [-0.2, -0.15) is 0 Å². The van der Waals surface area contributed by atoms with Crippen molar-refractivity contribution in [3.8, 4) is 11.3 Å². The van der Waals surface area contributed by atoms with Crippen LogP contribution in [0.5, 0.6) is 0 Å². The molecule has 2 N–H and O–H groups in total. The Kier molecular flexibility index (Phi) is 9.85. The molecule has 1 aromatic heterocycles. The second-order valence-electron chi connectivity index (χ2n) is 13.0. The number of nitrogens with zero attached hydrogens (tertiary/aromatic N) is 4. The Hall–Kier alpha value is -4.27. The van der Waals surface area contributed by atoms with E-state index >= 15 is 0 Å². The molecule has 2 heterocycles. The van der Waals surface area contributed by atoms with Crippen LogP contribution in [0, 0.1) is 6.92 Å². The summed E-state index contributed by atoms with van der Waals surface area (Å²) in [5.41, 5.74) is 6.71. The first-order valence-corrected chi connectivity index (χ1v) is 15.9. The molecule has 0 radical (unpaired) electrons. The van der Waals surface area contributed by atoms with Crippen LogP contribution in [0.4, 0.5) is 17.2 Å². The van der Waals surface area contributed by atoms with Gasteiger partial charge in [-0.1, -0.05) is 64.1 Å². The van der Waals surface area contributed by atoms with E-state index in [4.69, 9.17) is 4.98 Å². The van der Waals surface area contributed by atoms with E-state index in [1.807, 2.05) is 61.5 Å². The van der Waals surface area contributed by atoms with Gasteiger partial charge in [0.25, 0.3) is 11.5 Å². The van der Waals surface area contributed by atoms with Gasteiger partial charge < -0.3 is 25.0 Å². The van der Waals surface area contributed by atoms with Crippen molar-refractivity contribution in [3.63, 3.8) is 0 Å². The van der Waals surface area contributed by atoms with E-state index < -0.39 is 0 Å². The van der Waals surface area contributed by atoms with Crippen molar-refractivity contribution in [1.29, 1.82) is 0 Å². The molecule has 0 spiro atoms. The summed E-state index contributed by atoms with van der Waals surface area (Å²) < 4.78 is 1.54. The lowest BCUT2D eigenvalue weighted by molar-refractivity contribution is 0.102. The first-order chi connectivity index (χ1) is 21.5. The number of likely N-dealkylation sites (N-methyl/N-ethyl adjacent to an activating group) is 1. The summed E-state index contributed by atoms with van der Waals surface area (Å²) in [7, 11) is 1.73. The predicted octanol–water partition coefficient (Wildman–Crippen LogP) is 6.23. The van der Waals surface area contributed by atoms with Crippen molar-refractivity contribution in [2.45, 2.75) is 46.5 Å². The summed E-state index contributed by atoms with van der Waals surface area (Å²) in [5.74, 6) is 0.0818. The van der Waals surface area contributed by atoms with Crippen LogP contribution in [-0.4, -0.2) is 64.5 Å². The minimum atomic E-state index is -0.213. The largest absolute Gasteiger partial charge is 0.336 e. The molecule has 1 amide bonds. The molecule has 0 aliphatic carbocycles. The Morgan fingerprint density at radius 1 is 0.911 bits per heavy atom. The third kappa shape index (κ3) is 7.88. The minimum absolute atomic E-state index is 0.0180. The highest BCUT2D eigenvalue weighted by Gasteiger charge is 2.17. The molecular weight excluding hydrogens is 560 g/mol. The van der Waals surface area contributed by atoms with E-state index in [0.717, 1.165) is 62.5 Å². The number of amides is 1. The van der Waals surface area contributed by atoms with Crippen LogP contribution in [0.2, 0.25) is 0 Å². The van der Waals surface area contributed by atoms with Crippen LogP contribution in [0.25, 0.3) is 11.3 Å². The summed E-state index contributed by atoms with van der Waals surface area (Å²) in [5, 5.41) is 6.30. The number of hydrogen-bond donors (Lipinski definition) is 2. The summed E-state index contributed by atoms with van der Waals surface area (Å²) in [6.45, 7) is 17.3. The fourth-order valence-electron chi connectivity index (χ4n) is 5.69. The molecule has 1 fully saturated rings. The maximum absolute atomic E-state index is 13.1. The van der Waals surface area contributed by atoms with Crippen LogP contribution >= 0.6 is 0 Å². The van der Waals surface area contributed by atoms with Gasteiger partial charge >= 0.3 is 0 Å². The fraction of sp³-hybridized carbons (Fsp3) is 0.378. The summed E-state index contributed by atoms with van der Waals surface area (Å²) in [6, 6.07) is 21.7. The van der Waals surface area contributed by atoms with Gasteiger partial charge in [0.2, 0.25) is 0 Å². The first-order valence-electron chi connectivity index (χ1n) is 15.9. The zero-order valence-electron chi connectivity index (χ0n) is 27.5. The Labute approximate surface area is 267 Å². The summed E-state index contributed by atoms with van der Waals surface area (Å²) >= 11 is 0. The molecule has 8 nitrogen and oxygen atoms in total. The SMILES string of the molecule is CCN1CCN(CCc2ccc(Nc3nc(-c4cccc(NC(=O)c5ccc(C(C)(C)C)cc5)c4C)cn(C)c3=O)cc2)CC1.